The fourth-order valence-corrected chi connectivity index (χ4v) is 10.8. The van der Waals surface area contributed by atoms with Gasteiger partial charge < -0.3 is 18.8 Å². The predicted molar refractivity (Wildman–Crippen MR) is 245 cm³/mol. The van der Waals surface area contributed by atoms with Crippen molar-refractivity contribution in [1.82, 2.24) is 24.2 Å². The Morgan fingerprint density at radius 3 is 2.48 bits per heavy atom. The summed E-state index contributed by atoms with van der Waals surface area (Å²) in [5, 5.41) is 0. The number of ether oxygens (including phenoxy) is 2. The van der Waals surface area contributed by atoms with Crippen LogP contribution in [0.15, 0.2) is 65.1 Å². The van der Waals surface area contributed by atoms with E-state index in [0.29, 0.717) is 67.3 Å². The van der Waals surface area contributed by atoms with E-state index in [0.717, 1.165) is 36.0 Å². The van der Waals surface area contributed by atoms with Crippen molar-refractivity contribution in [2.75, 3.05) is 6.54 Å². The van der Waals surface area contributed by atoms with E-state index in [9.17, 15) is 27.6 Å². The Hall–Kier alpha value is -5.31. The van der Waals surface area contributed by atoms with E-state index in [1.807, 2.05) is 73.9 Å². The number of carbonyl (C=O) groups is 4. The molecule has 2 aliphatic carbocycles. The molecule has 14 nitrogen and oxygen atoms in total. The molecule has 0 bridgehead atoms. The summed E-state index contributed by atoms with van der Waals surface area (Å²) in [7, 11) is -3.97. The van der Waals surface area contributed by atoms with Gasteiger partial charge in [0, 0.05) is 31.2 Å². The number of hydrogen-bond donors (Lipinski definition) is 1. The van der Waals surface area contributed by atoms with Crippen molar-refractivity contribution in [3.05, 3.63) is 77.7 Å². The molecule has 4 aromatic rings. The lowest BCUT2D eigenvalue weighted by atomic mass is 9.90. The third kappa shape index (κ3) is 9.81. The van der Waals surface area contributed by atoms with Crippen LogP contribution in [-0.2, 0) is 40.4 Å². The minimum atomic E-state index is -3.97. The van der Waals surface area contributed by atoms with Gasteiger partial charge in [0.1, 0.15) is 23.0 Å². The van der Waals surface area contributed by atoms with E-state index < -0.39 is 55.7 Å². The van der Waals surface area contributed by atoms with Crippen LogP contribution in [0.25, 0.3) is 22.5 Å². The number of ketones is 1. The molecule has 4 heterocycles. The van der Waals surface area contributed by atoms with Crippen LogP contribution < -0.4 is 9.46 Å². The standard InChI is InChI=1S/C50H63N5O9S/c1-31(2)55-39-22-16-21-37(44-51-38(32(3)62-44)25-33-17-12-11-13-18-33)43(39)52-47(55)63-36-27-40-41(56)29-50(46(59)53-65(60,61)49(7)23-24-49)28-35(50)20-15-10-8-9-14-19-34(45(58)54(40)30-36)26-42(57)64-48(4,5)6/h11-13,15-18,20-22,31,34-36,40H,8-10,14,19,23-30H2,1-7H3,(H,53,59)/b20-15-/t34-,35+,36-,40+,50-/m1/s1. The van der Waals surface area contributed by atoms with Crippen molar-refractivity contribution in [1.29, 1.82) is 0 Å². The van der Waals surface area contributed by atoms with Gasteiger partial charge in [0.2, 0.25) is 27.7 Å². The number of Topliss-reactive ketones (excluding diaryl/α,β-unsaturated/α-hetero) is 1. The first-order valence-corrected chi connectivity index (χ1v) is 24.7. The average molecular weight is 910 g/mol. The van der Waals surface area contributed by atoms with E-state index in [1.165, 1.54) is 4.90 Å². The number of hydrogen-bond acceptors (Lipinski definition) is 11. The van der Waals surface area contributed by atoms with Crippen LogP contribution in [0.2, 0.25) is 0 Å². The molecular weight excluding hydrogens is 847 g/mol. The summed E-state index contributed by atoms with van der Waals surface area (Å²) in [6.07, 6.45) is 8.26. The number of para-hydroxylation sites is 1. The topological polar surface area (TPSA) is 180 Å². The average Bonchev–Trinajstić information content (AvgIpc) is 3.98. The summed E-state index contributed by atoms with van der Waals surface area (Å²) in [5.74, 6) is -1.84. The highest BCUT2D eigenvalue weighted by Crippen LogP contribution is 2.57. The largest absolute Gasteiger partial charge is 0.460 e. The molecule has 5 atom stereocenters. The number of imidazole rings is 1. The molecule has 65 heavy (non-hydrogen) atoms. The maximum atomic E-state index is 14.9. The van der Waals surface area contributed by atoms with E-state index in [1.54, 1.807) is 27.7 Å². The van der Waals surface area contributed by atoms with Crippen molar-refractivity contribution in [3.63, 3.8) is 0 Å². The number of aryl methyl sites for hydroxylation is 1. The molecule has 3 fully saturated rings. The van der Waals surface area contributed by atoms with Crippen molar-refractivity contribution in [3.8, 4) is 17.5 Å². The number of oxazole rings is 1. The highest BCUT2D eigenvalue weighted by Gasteiger charge is 2.62. The van der Waals surface area contributed by atoms with Crippen LogP contribution in [0.1, 0.15) is 135 Å². The molecule has 15 heteroatoms. The van der Waals surface area contributed by atoms with Gasteiger partial charge in [0.15, 0.2) is 5.78 Å². The number of carbonyl (C=O) groups excluding carboxylic acids is 4. The number of rotatable bonds is 11. The van der Waals surface area contributed by atoms with Gasteiger partial charge in [-0.1, -0.05) is 61.4 Å². The molecular formula is C50H63N5O9S. The van der Waals surface area contributed by atoms with Gasteiger partial charge in [0.25, 0.3) is 6.01 Å². The lowest BCUT2D eigenvalue weighted by Gasteiger charge is -2.29. The quantitative estimate of drug-likeness (QED) is 0.113. The number of esters is 1. The van der Waals surface area contributed by atoms with Crippen LogP contribution in [0.4, 0.5) is 0 Å². The molecule has 2 aromatic heterocycles. The third-order valence-corrected chi connectivity index (χ3v) is 15.8. The highest BCUT2D eigenvalue weighted by molar-refractivity contribution is 7.91. The number of nitrogens with one attached hydrogen (secondary N) is 1. The van der Waals surface area contributed by atoms with Crippen molar-refractivity contribution < 1.29 is 41.5 Å². The number of benzene rings is 2. The van der Waals surface area contributed by atoms with Crippen LogP contribution in [0, 0.1) is 24.2 Å². The Labute approximate surface area is 382 Å². The Balaban J connectivity index is 1.12. The third-order valence-electron chi connectivity index (χ3n) is 13.6. The van der Waals surface area contributed by atoms with Crippen LogP contribution in [-0.4, -0.2) is 80.5 Å². The molecule has 4 aliphatic rings. The molecule has 1 N–H and O–H groups in total. The molecule has 2 aliphatic heterocycles. The summed E-state index contributed by atoms with van der Waals surface area (Å²) in [6, 6.07) is 15.1. The summed E-state index contributed by atoms with van der Waals surface area (Å²) in [6.45, 7) is 12.9. The number of amides is 2. The maximum Gasteiger partial charge on any atom is 0.307 e. The molecule has 8 rings (SSSR count). The summed E-state index contributed by atoms with van der Waals surface area (Å²) < 4.78 is 48.7. The Morgan fingerprint density at radius 2 is 1.77 bits per heavy atom. The Morgan fingerprint density at radius 1 is 1.02 bits per heavy atom. The molecule has 0 spiro atoms. The van der Waals surface area contributed by atoms with Crippen LogP contribution in [0.5, 0.6) is 6.01 Å². The van der Waals surface area contributed by atoms with Crippen molar-refractivity contribution in [2.24, 2.45) is 17.3 Å². The zero-order chi connectivity index (χ0) is 46.5. The maximum absolute atomic E-state index is 14.9. The molecule has 2 aromatic carbocycles. The van der Waals surface area contributed by atoms with Gasteiger partial charge in [-0.15, -0.1) is 0 Å². The second-order valence-electron chi connectivity index (χ2n) is 20.2. The van der Waals surface area contributed by atoms with Gasteiger partial charge in [0.05, 0.1) is 45.9 Å². The second-order valence-corrected chi connectivity index (χ2v) is 22.4. The van der Waals surface area contributed by atoms with Crippen LogP contribution >= 0.6 is 0 Å². The number of fused-ring (bicyclic) bond motifs is 3. The number of sulfonamides is 1. The van der Waals surface area contributed by atoms with Gasteiger partial charge in [-0.25, -0.2) is 13.4 Å². The van der Waals surface area contributed by atoms with Crippen LogP contribution in [0.3, 0.4) is 0 Å². The minimum Gasteiger partial charge on any atom is -0.460 e. The molecule has 2 saturated carbocycles. The number of allylic oxidation sites excluding steroid dienone is 2. The number of nitrogens with zero attached hydrogens (tertiary/aromatic N) is 4. The van der Waals surface area contributed by atoms with E-state index >= 15 is 0 Å². The normalized spacial score (nSPS) is 25.3. The van der Waals surface area contributed by atoms with Gasteiger partial charge in [-0.05, 0) is 111 Å². The second kappa shape index (κ2) is 17.8. The molecule has 348 valence electrons. The Bertz CT molecular complexity index is 2600. The summed E-state index contributed by atoms with van der Waals surface area (Å²) >= 11 is 0. The zero-order valence-electron chi connectivity index (χ0n) is 38.7. The first kappa shape index (κ1) is 46.2. The Kier molecular flexibility index (Phi) is 12.7. The first-order valence-electron chi connectivity index (χ1n) is 23.2. The molecule has 1 saturated heterocycles. The first-order chi connectivity index (χ1) is 30.8. The predicted octanol–water partition coefficient (Wildman–Crippen LogP) is 8.35. The van der Waals surface area contributed by atoms with Crippen molar-refractivity contribution in [2.45, 2.75) is 154 Å². The van der Waals surface area contributed by atoms with E-state index in [-0.39, 0.29) is 49.5 Å². The smallest absolute Gasteiger partial charge is 0.307 e. The van der Waals surface area contributed by atoms with Crippen molar-refractivity contribution >= 4 is 44.6 Å². The van der Waals surface area contributed by atoms with E-state index in [4.69, 9.17) is 23.9 Å². The lowest BCUT2D eigenvalue weighted by molar-refractivity contribution is -0.159. The lowest BCUT2D eigenvalue weighted by Crippen LogP contribution is -2.47. The van der Waals surface area contributed by atoms with Gasteiger partial charge in [-0.2, -0.15) is 4.98 Å². The monoisotopic (exact) mass is 909 g/mol. The molecule has 0 radical (unpaired) electrons. The fourth-order valence-electron chi connectivity index (χ4n) is 9.50. The molecule has 2 amide bonds. The summed E-state index contributed by atoms with van der Waals surface area (Å²) in [4.78, 5) is 68.6. The zero-order valence-corrected chi connectivity index (χ0v) is 39.5. The van der Waals surface area contributed by atoms with E-state index in [2.05, 4.69) is 16.9 Å². The number of aromatic nitrogens is 3. The SMILES string of the molecule is Cc1oc(-c2cccc3c2nc(O[C@@H]2C[C@H]4C(=O)C[C@]5(C(=O)NS(=O)(=O)C6(C)CC6)C[C@@H]5/C=C\CCCCC[C@H](CC(=O)OC(C)(C)C)C(=O)N4C2)n3C(C)C)nc1Cc1ccccc1. The summed E-state index contributed by atoms with van der Waals surface area (Å²) in [5.41, 5.74) is 2.01. The molecule has 0 unspecified atom stereocenters. The highest BCUT2D eigenvalue weighted by atomic mass is 32.2. The minimum absolute atomic E-state index is 0.0330. The fraction of sp³-hybridized carbons (Fsp3) is 0.560. The van der Waals surface area contributed by atoms with Gasteiger partial charge >= 0.3 is 5.97 Å². The van der Waals surface area contributed by atoms with Gasteiger partial charge in [-0.3, -0.25) is 28.5 Å².